The Kier molecular flexibility index (Phi) is 5.49. The average Bonchev–Trinajstić information content (AvgIpc) is 2.39. The predicted octanol–water partition coefficient (Wildman–Crippen LogP) is 1.26. The van der Waals surface area contributed by atoms with Crippen molar-refractivity contribution in [1.82, 2.24) is 5.32 Å². The molecule has 1 unspecified atom stereocenters. The molecule has 0 aromatic heterocycles. The smallest absolute Gasteiger partial charge is 0.219 e. The first-order valence-electron chi connectivity index (χ1n) is 5.76. The predicted molar refractivity (Wildman–Crippen MR) is 68.1 cm³/mol. The van der Waals surface area contributed by atoms with Crippen LogP contribution in [0.25, 0.3) is 0 Å². The third-order valence-corrected chi connectivity index (χ3v) is 2.86. The number of nitrogens with two attached hydrogens (primary N) is 1. The summed E-state index contributed by atoms with van der Waals surface area (Å²) in [6, 6.07) is 7.80. The molecule has 3 N–H and O–H groups in total. The number of hydrogen-bond acceptors (Lipinski definition) is 3. The molecule has 94 valence electrons. The van der Waals surface area contributed by atoms with Gasteiger partial charge in [-0.1, -0.05) is 18.2 Å². The largest absolute Gasteiger partial charge is 0.496 e. The maximum absolute atomic E-state index is 11.2. The molecule has 4 heteroatoms. The molecule has 0 aliphatic carbocycles. The van der Waals surface area contributed by atoms with E-state index in [1.54, 1.807) is 14.2 Å². The molecule has 0 saturated heterocycles. The van der Waals surface area contributed by atoms with Crippen molar-refractivity contribution in [3.05, 3.63) is 29.8 Å². The molecule has 0 spiro atoms. The Morgan fingerprint density at radius 1 is 1.47 bits per heavy atom. The Morgan fingerprint density at radius 3 is 2.76 bits per heavy atom. The van der Waals surface area contributed by atoms with Gasteiger partial charge in [0.1, 0.15) is 5.75 Å². The zero-order valence-electron chi connectivity index (χ0n) is 10.4. The molecular weight excluding hydrogens is 216 g/mol. The molecule has 1 rings (SSSR count). The van der Waals surface area contributed by atoms with Gasteiger partial charge in [0.05, 0.1) is 7.11 Å². The van der Waals surface area contributed by atoms with Crippen LogP contribution < -0.4 is 15.8 Å². The summed E-state index contributed by atoms with van der Waals surface area (Å²) in [5, 5.41) is 2.61. The highest BCUT2D eigenvalue weighted by atomic mass is 16.5. The lowest BCUT2D eigenvalue weighted by Gasteiger charge is -2.17. The molecule has 1 aromatic rings. The summed E-state index contributed by atoms with van der Waals surface area (Å²) in [6.45, 7) is 0.511. The van der Waals surface area contributed by atoms with E-state index in [4.69, 9.17) is 10.5 Å². The van der Waals surface area contributed by atoms with Gasteiger partial charge in [-0.05, 0) is 24.6 Å². The topological polar surface area (TPSA) is 64.4 Å². The Labute approximate surface area is 102 Å². The molecule has 1 aromatic carbocycles. The van der Waals surface area contributed by atoms with Gasteiger partial charge in [-0.3, -0.25) is 4.79 Å². The maximum Gasteiger partial charge on any atom is 0.219 e. The van der Waals surface area contributed by atoms with Crippen molar-refractivity contribution in [2.75, 3.05) is 20.7 Å². The van der Waals surface area contributed by atoms with Gasteiger partial charge in [0.25, 0.3) is 0 Å². The lowest BCUT2D eigenvalue weighted by atomic mass is 9.93. The van der Waals surface area contributed by atoms with Gasteiger partial charge in [-0.25, -0.2) is 0 Å². The van der Waals surface area contributed by atoms with Gasteiger partial charge >= 0.3 is 0 Å². The fourth-order valence-electron chi connectivity index (χ4n) is 1.83. The van der Waals surface area contributed by atoms with Crippen LogP contribution in [0.4, 0.5) is 0 Å². The molecule has 0 bridgehead atoms. The van der Waals surface area contributed by atoms with Crippen LogP contribution >= 0.6 is 0 Å². The van der Waals surface area contributed by atoms with E-state index in [9.17, 15) is 4.79 Å². The Balaban J connectivity index is 2.75. The maximum atomic E-state index is 11.2. The van der Waals surface area contributed by atoms with Gasteiger partial charge in [-0.15, -0.1) is 0 Å². The Bertz CT molecular complexity index is 366. The quantitative estimate of drug-likeness (QED) is 0.781. The van der Waals surface area contributed by atoms with Crippen molar-refractivity contribution in [2.24, 2.45) is 5.73 Å². The molecule has 0 radical (unpaired) electrons. The molecule has 0 aliphatic heterocycles. The van der Waals surface area contributed by atoms with Crippen LogP contribution in [0.3, 0.4) is 0 Å². The van der Waals surface area contributed by atoms with E-state index in [1.165, 1.54) is 0 Å². The number of ether oxygens (including phenoxy) is 1. The van der Waals surface area contributed by atoms with Crippen LogP contribution in [0.5, 0.6) is 5.75 Å². The molecule has 1 amide bonds. The minimum Gasteiger partial charge on any atom is -0.496 e. The second kappa shape index (κ2) is 6.91. The Morgan fingerprint density at radius 2 is 2.18 bits per heavy atom. The molecule has 1 atom stereocenters. The van der Waals surface area contributed by atoms with Gasteiger partial charge in [-0.2, -0.15) is 0 Å². The monoisotopic (exact) mass is 236 g/mol. The van der Waals surface area contributed by atoms with Crippen molar-refractivity contribution >= 4 is 5.91 Å². The lowest BCUT2D eigenvalue weighted by molar-refractivity contribution is -0.120. The summed E-state index contributed by atoms with van der Waals surface area (Å²) >= 11 is 0. The fourth-order valence-corrected chi connectivity index (χ4v) is 1.83. The highest BCUT2D eigenvalue weighted by Crippen LogP contribution is 2.28. The zero-order chi connectivity index (χ0) is 12.7. The summed E-state index contributed by atoms with van der Waals surface area (Å²) in [5.74, 6) is 1.03. The SMILES string of the molecule is CNC(=O)CCC(CN)c1ccccc1OC. The second-order valence-electron chi connectivity index (χ2n) is 3.89. The van der Waals surface area contributed by atoms with Gasteiger partial charge in [0.15, 0.2) is 0 Å². The van der Waals surface area contributed by atoms with Crippen LogP contribution in [0.1, 0.15) is 24.3 Å². The minimum absolute atomic E-state index is 0.0401. The first-order valence-corrected chi connectivity index (χ1v) is 5.76. The van der Waals surface area contributed by atoms with E-state index >= 15 is 0 Å². The third kappa shape index (κ3) is 3.75. The molecule has 4 nitrogen and oxygen atoms in total. The lowest BCUT2D eigenvalue weighted by Crippen LogP contribution is -2.20. The molecular formula is C13H20N2O2. The van der Waals surface area contributed by atoms with Crippen molar-refractivity contribution in [3.8, 4) is 5.75 Å². The number of hydrogen-bond donors (Lipinski definition) is 2. The van der Waals surface area contributed by atoms with E-state index in [2.05, 4.69) is 5.32 Å². The number of amides is 1. The van der Waals surface area contributed by atoms with Gasteiger partial charge in [0, 0.05) is 19.4 Å². The van der Waals surface area contributed by atoms with Crippen LogP contribution in [-0.4, -0.2) is 26.6 Å². The van der Waals surface area contributed by atoms with Crippen molar-refractivity contribution in [1.29, 1.82) is 0 Å². The number of carbonyl (C=O) groups excluding carboxylic acids is 1. The number of nitrogens with one attached hydrogen (secondary N) is 1. The summed E-state index contributed by atoms with van der Waals surface area (Å²) in [5.41, 5.74) is 6.84. The zero-order valence-corrected chi connectivity index (χ0v) is 10.4. The number of para-hydroxylation sites is 1. The van der Waals surface area contributed by atoms with Gasteiger partial charge < -0.3 is 15.8 Å². The second-order valence-corrected chi connectivity index (χ2v) is 3.89. The fraction of sp³-hybridized carbons (Fsp3) is 0.462. The van der Waals surface area contributed by atoms with Crippen molar-refractivity contribution in [3.63, 3.8) is 0 Å². The summed E-state index contributed by atoms with van der Waals surface area (Å²) in [6.07, 6.45) is 1.22. The standard InChI is InChI=1S/C13H20N2O2/c1-15-13(16)8-7-10(9-14)11-5-3-4-6-12(11)17-2/h3-6,10H,7-9,14H2,1-2H3,(H,15,16). The van der Waals surface area contributed by atoms with Crippen molar-refractivity contribution in [2.45, 2.75) is 18.8 Å². The van der Waals surface area contributed by atoms with E-state index in [1.807, 2.05) is 24.3 Å². The third-order valence-electron chi connectivity index (χ3n) is 2.86. The Hall–Kier alpha value is -1.55. The first-order chi connectivity index (χ1) is 8.22. The molecule has 17 heavy (non-hydrogen) atoms. The van der Waals surface area contributed by atoms with E-state index in [0.29, 0.717) is 13.0 Å². The highest BCUT2D eigenvalue weighted by Gasteiger charge is 2.15. The van der Waals surface area contributed by atoms with E-state index in [-0.39, 0.29) is 11.8 Å². The van der Waals surface area contributed by atoms with Gasteiger partial charge in [0.2, 0.25) is 5.91 Å². The molecule has 0 fully saturated rings. The summed E-state index contributed by atoms with van der Waals surface area (Å²) in [7, 11) is 3.29. The molecule has 0 heterocycles. The van der Waals surface area contributed by atoms with E-state index in [0.717, 1.165) is 17.7 Å². The van der Waals surface area contributed by atoms with Crippen molar-refractivity contribution < 1.29 is 9.53 Å². The average molecular weight is 236 g/mol. The summed E-state index contributed by atoms with van der Waals surface area (Å²) < 4.78 is 5.31. The number of benzene rings is 1. The first kappa shape index (κ1) is 13.5. The van der Waals surface area contributed by atoms with Crippen LogP contribution in [0.15, 0.2) is 24.3 Å². The number of carbonyl (C=O) groups is 1. The highest BCUT2D eigenvalue weighted by molar-refractivity contribution is 5.75. The molecule has 0 aliphatic rings. The minimum atomic E-state index is 0.0401. The van der Waals surface area contributed by atoms with Crippen LogP contribution in [0.2, 0.25) is 0 Å². The summed E-state index contributed by atoms with van der Waals surface area (Å²) in [4.78, 5) is 11.2. The van der Waals surface area contributed by atoms with E-state index < -0.39 is 0 Å². The number of rotatable bonds is 6. The van der Waals surface area contributed by atoms with Crippen LogP contribution in [0, 0.1) is 0 Å². The van der Waals surface area contributed by atoms with Crippen LogP contribution in [-0.2, 0) is 4.79 Å². The molecule has 0 saturated carbocycles. The number of methoxy groups -OCH3 is 1. The normalized spacial score (nSPS) is 11.9.